The summed E-state index contributed by atoms with van der Waals surface area (Å²) in [5.74, 6) is -0.601. The predicted octanol–water partition coefficient (Wildman–Crippen LogP) is 6.05. The fraction of sp³-hybridized carbons (Fsp3) is 0.407. The number of carbonyl (C=O) groups is 2. The van der Waals surface area contributed by atoms with Crippen LogP contribution in [0.2, 0.25) is 0 Å². The SMILES string of the molecule is CCN(Cc1cc(C(F)(F)F)ccc1-c1cn(CC(=O)O)c2ccc(C3CC3)cc12)C(=O)C1CC1. The van der Waals surface area contributed by atoms with Crippen LogP contribution in [0.1, 0.15) is 55.2 Å². The molecule has 2 aliphatic carbocycles. The van der Waals surface area contributed by atoms with E-state index in [2.05, 4.69) is 0 Å². The third-order valence-electron chi connectivity index (χ3n) is 6.96. The van der Waals surface area contributed by atoms with Crippen molar-refractivity contribution >= 4 is 22.8 Å². The molecule has 1 amide bonds. The van der Waals surface area contributed by atoms with Crippen molar-refractivity contribution in [2.24, 2.45) is 5.92 Å². The minimum Gasteiger partial charge on any atom is -0.480 e. The Morgan fingerprint density at radius 3 is 2.40 bits per heavy atom. The maximum Gasteiger partial charge on any atom is 0.416 e. The van der Waals surface area contributed by atoms with Gasteiger partial charge in [0.05, 0.1) is 5.56 Å². The van der Waals surface area contributed by atoms with Crippen LogP contribution in [0.15, 0.2) is 42.6 Å². The Hall–Kier alpha value is -3.29. The van der Waals surface area contributed by atoms with Crippen LogP contribution in [0.3, 0.4) is 0 Å². The molecular weight excluding hydrogens is 457 g/mol. The summed E-state index contributed by atoms with van der Waals surface area (Å²) < 4.78 is 42.5. The molecule has 1 aromatic heterocycles. The lowest BCUT2D eigenvalue weighted by molar-refractivity contribution is -0.138. The van der Waals surface area contributed by atoms with E-state index in [9.17, 15) is 27.9 Å². The number of aliphatic carboxylic acids is 1. The molecule has 5 rings (SSSR count). The fourth-order valence-corrected chi connectivity index (χ4v) is 4.78. The van der Waals surface area contributed by atoms with Crippen molar-refractivity contribution in [3.63, 3.8) is 0 Å². The predicted molar refractivity (Wildman–Crippen MR) is 126 cm³/mol. The van der Waals surface area contributed by atoms with Crippen molar-refractivity contribution in [2.75, 3.05) is 6.54 Å². The number of fused-ring (bicyclic) bond motifs is 1. The summed E-state index contributed by atoms with van der Waals surface area (Å²) in [6, 6.07) is 9.58. The monoisotopic (exact) mass is 484 g/mol. The first-order valence-electron chi connectivity index (χ1n) is 12.0. The van der Waals surface area contributed by atoms with Crippen molar-refractivity contribution < 1.29 is 27.9 Å². The molecule has 3 aromatic rings. The van der Waals surface area contributed by atoms with Crippen LogP contribution in [0.4, 0.5) is 13.2 Å². The van der Waals surface area contributed by atoms with E-state index in [4.69, 9.17) is 0 Å². The van der Waals surface area contributed by atoms with Gasteiger partial charge in [-0.3, -0.25) is 9.59 Å². The number of nitrogens with zero attached hydrogens (tertiary/aromatic N) is 2. The van der Waals surface area contributed by atoms with Crippen molar-refractivity contribution in [1.82, 2.24) is 9.47 Å². The second kappa shape index (κ2) is 8.73. The van der Waals surface area contributed by atoms with E-state index in [0.717, 1.165) is 54.3 Å². The molecule has 0 spiro atoms. The Labute approximate surface area is 201 Å². The summed E-state index contributed by atoms with van der Waals surface area (Å²) in [4.78, 5) is 25.9. The first-order valence-corrected chi connectivity index (χ1v) is 12.0. The number of carboxylic acid groups (broad SMARTS) is 1. The van der Waals surface area contributed by atoms with Crippen LogP contribution in [0.5, 0.6) is 0 Å². The molecule has 1 heterocycles. The van der Waals surface area contributed by atoms with Gasteiger partial charge in [-0.1, -0.05) is 12.1 Å². The number of aromatic nitrogens is 1. The van der Waals surface area contributed by atoms with Gasteiger partial charge in [0, 0.05) is 41.7 Å². The van der Waals surface area contributed by atoms with Gasteiger partial charge >= 0.3 is 12.1 Å². The summed E-state index contributed by atoms with van der Waals surface area (Å²) in [5, 5.41) is 10.2. The van der Waals surface area contributed by atoms with E-state index < -0.39 is 17.7 Å². The molecule has 1 N–H and O–H groups in total. The summed E-state index contributed by atoms with van der Waals surface area (Å²) in [6.45, 7) is 2.04. The highest BCUT2D eigenvalue weighted by Gasteiger charge is 2.35. The van der Waals surface area contributed by atoms with E-state index in [1.165, 1.54) is 6.07 Å². The third kappa shape index (κ3) is 4.79. The van der Waals surface area contributed by atoms with Gasteiger partial charge < -0.3 is 14.6 Å². The smallest absolute Gasteiger partial charge is 0.416 e. The Kier molecular flexibility index (Phi) is 5.85. The highest BCUT2D eigenvalue weighted by Crippen LogP contribution is 2.43. The van der Waals surface area contributed by atoms with Gasteiger partial charge in [0.2, 0.25) is 5.91 Å². The number of halogens is 3. The van der Waals surface area contributed by atoms with Crippen molar-refractivity contribution in [3.8, 4) is 11.1 Å². The highest BCUT2D eigenvalue weighted by molar-refractivity contribution is 5.98. The zero-order valence-corrected chi connectivity index (χ0v) is 19.4. The molecule has 2 aliphatic rings. The average molecular weight is 485 g/mol. The van der Waals surface area contributed by atoms with Crippen LogP contribution >= 0.6 is 0 Å². The number of alkyl halides is 3. The molecule has 0 atom stereocenters. The normalized spacial score (nSPS) is 16.0. The van der Waals surface area contributed by atoms with Gasteiger partial charge in [-0.15, -0.1) is 0 Å². The summed E-state index contributed by atoms with van der Waals surface area (Å²) >= 11 is 0. The summed E-state index contributed by atoms with van der Waals surface area (Å²) in [6.07, 6.45) is 1.02. The van der Waals surface area contributed by atoms with Crippen molar-refractivity contribution in [3.05, 3.63) is 59.3 Å². The molecule has 0 unspecified atom stereocenters. The zero-order chi connectivity index (χ0) is 24.9. The number of hydrogen-bond acceptors (Lipinski definition) is 2. The number of amides is 1. The molecule has 5 nitrogen and oxygen atoms in total. The standard InChI is InChI=1S/C27H27F3N2O3/c1-2-31(26(35)17-5-6-17)13-19-11-20(27(28,29)30)8-9-21(19)23-14-32(15-25(33)34)24-10-7-18(12-22(23)24)16-3-4-16/h7-12,14,16-17H,2-6,13,15H2,1H3,(H,33,34). The number of carbonyl (C=O) groups excluding carboxylic acids is 1. The molecule has 0 radical (unpaired) electrons. The van der Waals surface area contributed by atoms with Crippen LogP contribution < -0.4 is 0 Å². The number of benzene rings is 2. The van der Waals surface area contributed by atoms with E-state index >= 15 is 0 Å². The van der Waals surface area contributed by atoms with Crippen LogP contribution in [0, 0.1) is 5.92 Å². The molecule has 0 saturated heterocycles. The first-order chi connectivity index (χ1) is 16.7. The van der Waals surface area contributed by atoms with Crippen LogP contribution in [0.25, 0.3) is 22.0 Å². The van der Waals surface area contributed by atoms with Crippen molar-refractivity contribution in [2.45, 2.75) is 57.8 Å². The Morgan fingerprint density at radius 2 is 1.80 bits per heavy atom. The Balaban J connectivity index is 1.66. The number of carboxylic acids is 1. The van der Waals surface area contributed by atoms with E-state index in [-0.39, 0.29) is 24.9 Å². The topological polar surface area (TPSA) is 62.5 Å². The number of hydrogen-bond donors (Lipinski definition) is 1. The van der Waals surface area contributed by atoms with Gasteiger partial charge in [0.25, 0.3) is 0 Å². The fourth-order valence-electron chi connectivity index (χ4n) is 4.78. The highest BCUT2D eigenvalue weighted by atomic mass is 19.4. The second-order valence-electron chi connectivity index (χ2n) is 9.61. The molecule has 2 aromatic carbocycles. The van der Waals surface area contributed by atoms with Crippen LogP contribution in [-0.2, 0) is 28.9 Å². The molecular formula is C27H27F3N2O3. The lowest BCUT2D eigenvalue weighted by atomic mass is 9.95. The van der Waals surface area contributed by atoms with Gasteiger partial charge in [-0.25, -0.2) is 0 Å². The first kappa shape index (κ1) is 23.5. The van der Waals surface area contributed by atoms with Gasteiger partial charge in [0.15, 0.2) is 0 Å². The maximum atomic E-state index is 13.6. The molecule has 0 aliphatic heterocycles. The lowest BCUT2D eigenvalue weighted by Crippen LogP contribution is -2.31. The Morgan fingerprint density at radius 1 is 1.06 bits per heavy atom. The summed E-state index contributed by atoms with van der Waals surface area (Å²) in [5.41, 5.74) is 2.78. The third-order valence-corrected chi connectivity index (χ3v) is 6.96. The Bertz CT molecular complexity index is 1300. The molecule has 2 fully saturated rings. The van der Waals surface area contributed by atoms with Gasteiger partial charge in [0.1, 0.15) is 6.54 Å². The van der Waals surface area contributed by atoms with E-state index in [1.807, 2.05) is 25.1 Å². The lowest BCUT2D eigenvalue weighted by Gasteiger charge is -2.23. The molecule has 2 saturated carbocycles. The average Bonchev–Trinajstić information content (AvgIpc) is 3.73. The number of rotatable bonds is 8. The van der Waals surface area contributed by atoms with E-state index in [0.29, 0.717) is 29.2 Å². The minimum atomic E-state index is -4.51. The largest absolute Gasteiger partial charge is 0.480 e. The van der Waals surface area contributed by atoms with Crippen LogP contribution in [-0.4, -0.2) is 33.0 Å². The quantitative estimate of drug-likeness (QED) is 0.424. The van der Waals surface area contributed by atoms with Gasteiger partial charge in [-0.2, -0.15) is 13.2 Å². The molecule has 8 heteroatoms. The van der Waals surface area contributed by atoms with Crippen molar-refractivity contribution in [1.29, 1.82) is 0 Å². The minimum absolute atomic E-state index is 0.0276. The molecule has 35 heavy (non-hydrogen) atoms. The maximum absolute atomic E-state index is 13.6. The molecule has 184 valence electrons. The molecule has 0 bridgehead atoms. The second-order valence-corrected chi connectivity index (χ2v) is 9.61. The zero-order valence-electron chi connectivity index (χ0n) is 19.4. The van der Waals surface area contributed by atoms with E-state index in [1.54, 1.807) is 15.7 Å². The summed E-state index contributed by atoms with van der Waals surface area (Å²) in [7, 11) is 0. The van der Waals surface area contributed by atoms with Gasteiger partial charge in [-0.05, 0) is 79.5 Å².